The number of carbonyl (C=O) groups excluding carboxylic acids is 1. The Hall–Kier alpha value is -1.75. The number of para-hydroxylation sites is 1. The fourth-order valence-corrected chi connectivity index (χ4v) is 4.25. The van der Waals surface area contributed by atoms with Crippen molar-refractivity contribution in [3.8, 4) is 5.75 Å². The lowest BCUT2D eigenvalue weighted by atomic mass is 10.1. The van der Waals surface area contributed by atoms with E-state index in [9.17, 15) is 4.79 Å². The quantitative estimate of drug-likeness (QED) is 0.923. The first-order valence-electron chi connectivity index (χ1n) is 9.18. The number of carbonyl (C=O) groups is 1. The average Bonchev–Trinajstić information content (AvgIpc) is 3.03. The van der Waals surface area contributed by atoms with Crippen molar-refractivity contribution in [3.05, 3.63) is 29.8 Å². The molecule has 3 aliphatic rings. The highest BCUT2D eigenvalue weighted by Gasteiger charge is 2.42. The van der Waals surface area contributed by atoms with Gasteiger partial charge in [0.25, 0.3) is 0 Å². The SMILES string of the molecule is COc1ccccc1[C@@H]1C[C@H]1NC(=O)N1CC[C@@H](N2CCCC2)C1. The highest BCUT2D eigenvalue weighted by molar-refractivity contribution is 5.75. The van der Waals surface area contributed by atoms with Gasteiger partial charge in [-0.2, -0.15) is 0 Å². The third-order valence-electron chi connectivity index (χ3n) is 5.75. The molecule has 24 heavy (non-hydrogen) atoms. The second-order valence-electron chi connectivity index (χ2n) is 7.27. The molecule has 1 N–H and O–H groups in total. The van der Waals surface area contributed by atoms with Crippen molar-refractivity contribution >= 4 is 6.03 Å². The van der Waals surface area contributed by atoms with Crippen LogP contribution < -0.4 is 10.1 Å². The molecule has 3 fully saturated rings. The minimum Gasteiger partial charge on any atom is -0.496 e. The number of nitrogens with one attached hydrogen (secondary N) is 1. The molecule has 2 heterocycles. The Balaban J connectivity index is 1.30. The smallest absolute Gasteiger partial charge is 0.317 e. The van der Waals surface area contributed by atoms with Gasteiger partial charge in [0.05, 0.1) is 7.11 Å². The van der Waals surface area contributed by atoms with E-state index < -0.39 is 0 Å². The van der Waals surface area contributed by atoms with E-state index in [0.717, 1.165) is 31.7 Å². The molecule has 5 nitrogen and oxygen atoms in total. The molecule has 5 heteroatoms. The normalized spacial score (nSPS) is 29.7. The second kappa shape index (κ2) is 6.63. The lowest BCUT2D eigenvalue weighted by Gasteiger charge is -2.23. The molecular weight excluding hydrogens is 302 g/mol. The van der Waals surface area contributed by atoms with Crippen LogP contribution in [0.1, 0.15) is 37.2 Å². The maximum atomic E-state index is 12.6. The molecule has 2 saturated heterocycles. The summed E-state index contributed by atoms with van der Waals surface area (Å²) in [6, 6.07) is 9.06. The molecule has 0 aromatic heterocycles. The zero-order chi connectivity index (χ0) is 16.5. The molecule has 4 rings (SSSR count). The van der Waals surface area contributed by atoms with Crippen LogP contribution >= 0.6 is 0 Å². The first-order valence-corrected chi connectivity index (χ1v) is 9.18. The van der Waals surface area contributed by atoms with Gasteiger partial charge < -0.3 is 15.0 Å². The number of amides is 2. The minimum atomic E-state index is 0.110. The van der Waals surface area contributed by atoms with Crippen LogP contribution in [0.2, 0.25) is 0 Å². The number of benzene rings is 1. The van der Waals surface area contributed by atoms with Crippen LogP contribution in [0.15, 0.2) is 24.3 Å². The standard InChI is InChI=1S/C19H27N3O2/c1-24-18-7-3-2-6-15(18)16-12-17(16)20-19(23)22-11-8-14(13-22)21-9-4-5-10-21/h2-3,6-7,14,16-17H,4-5,8-13H2,1H3,(H,20,23)/t14-,16+,17-/m1/s1. The van der Waals surface area contributed by atoms with E-state index in [2.05, 4.69) is 16.3 Å². The van der Waals surface area contributed by atoms with Crippen molar-refractivity contribution in [2.75, 3.05) is 33.3 Å². The molecule has 0 bridgehead atoms. The third-order valence-corrected chi connectivity index (χ3v) is 5.75. The van der Waals surface area contributed by atoms with E-state index in [1.165, 1.54) is 31.5 Å². The fourth-order valence-electron chi connectivity index (χ4n) is 4.25. The molecule has 130 valence electrons. The van der Waals surface area contributed by atoms with Crippen molar-refractivity contribution < 1.29 is 9.53 Å². The van der Waals surface area contributed by atoms with Gasteiger partial charge in [-0.1, -0.05) is 18.2 Å². The van der Waals surface area contributed by atoms with Gasteiger partial charge in [0.1, 0.15) is 5.75 Å². The van der Waals surface area contributed by atoms with Crippen molar-refractivity contribution in [2.45, 2.75) is 43.7 Å². The molecule has 2 aliphatic heterocycles. The predicted molar refractivity (Wildman–Crippen MR) is 93.5 cm³/mol. The Morgan fingerprint density at radius 2 is 2.00 bits per heavy atom. The van der Waals surface area contributed by atoms with Gasteiger partial charge in [0.15, 0.2) is 0 Å². The Kier molecular flexibility index (Phi) is 4.35. The maximum Gasteiger partial charge on any atom is 0.317 e. The van der Waals surface area contributed by atoms with Crippen LogP contribution in [0.5, 0.6) is 5.75 Å². The number of ether oxygens (including phenoxy) is 1. The average molecular weight is 329 g/mol. The van der Waals surface area contributed by atoms with E-state index >= 15 is 0 Å². The van der Waals surface area contributed by atoms with Crippen LogP contribution in [0.25, 0.3) is 0 Å². The summed E-state index contributed by atoms with van der Waals surface area (Å²) in [6.07, 6.45) is 4.75. The topological polar surface area (TPSA) is 44.8 Å². The monoisotopic (exact) mass is 329 g/mol. The molecule has 0 unspecified atom stereocenters. The first-order chi connectivity index (χ1) is 11.8. The molecule has 1 saturated carbocycles. The number of methoxy groups -OCH3 is 1. The molecule has 1 aromatic rings. The molecule has 0 spiro atoms. The first kappa shape index (κ1) is 15.8. The lowest BCUT2D eigenvalue weighted by molar-refractivity contribution is 0.198. The number of rotatable bonds is 4. The minimum absolute atomic E-state index is 0.110. The summed E-state index contributed by atoms with van der Waals surface area (Å²) in [5.74, 6) is 1.32. The van der Waals surface area contributed by atoms with E-state index in [1.807, 2.05) is 23.1 Å². The number of nitrogens with zero attached hydrogens (tertiary/aromatic N) is 2. The van der Waals surface area contributed by atoms with Crippen molar-refractivity contribution in [1.29, 1.82) is 0 Å². The maximum absolute atomic E-state index is 12.6. The molecular formula is C19H27N3O2. The van der Waals surface area contributed by atoms with Gasteiger partial charge in [-0.3, -0.25) is 4.90 Å². The van der Waals surface area contributed by atoms with Gasteiger partial charge in [-0.25, -0.2) is 4.79 Å². The predicted octanol–water partition coefficient (Wildman–Crippen LogP) is 2.43. The second-order valence-corrected chi connectivity index (χ2v) is 7.27. The summed E-state index contributed by atoms with van der Waals surface area (Å²) < 4.78 is 5.44. The summed E-state index contributed by atoms with van der Waals surface area (Å²) in [5.41, 5.74) is 1.21. The fraction of sp³-hybridized carbons (Fsp3) is 0.632. The summed E-state index contributed by atoms with van der Waals surface area (Å²) in [4.78, 5) is 17.1. The van der Waals surface area contributed by atoms with E-state index in [-0.39, 0.29) is 12.1 Å². The summed E-state index contributed by atoms with van der Waals surface area (Å²) in [7, 11) is 1.71. The van der Waals surface area contributed by atoms with E-state index in [0.29, 0.717) is 12.0 Å². The van der Waals surface area contributed by atoms with Crippen molar-refractivity contribution in [3.63, 3.8) is 0 Å². The number of hydrogen-bond donors (Lipinski definition) is 1. The van der Waals surface area contributed by atoms with Gasteiger partial charge in [-0.15, -0.1) is 0 Å². The van der Waals surface area contributed by atoms with E-state index in [4.69, 9.17) is 4.74 Å². The van der Waals surface area contributed by atoms with Crippen LogP contribution in [0.4, 0.5) is 4.79 Å². The van der Waals surface area contributed by atoms with Crippen LogP contribution in [-0.4, -0.2) is 61.2 Å². The highest BCUT2D eigenvalue weighted by atomic mass is 16.5. The number of hydrogen-bond acceptors (Lipinski definition) is 3. The van der Waals surface area contributed by atoms with Gasteiger partial charge in [0, 0.05) is 31.1 Å². The summed E-state index contributed by atoms with van der Waals surface area (Å²) in [5, 5.41) is 3.22. The van der Waals surface area contributed by atoms with Crippen molar-refractivity contribution in [2.24, 2.45) is 0 Å². The largest absolute Gasteiger partial charge is 0.496 e. The van der Waals surface area contributed by atoms with Crippen molar-refractivity contribution in [1.82, 2.24) is 15.1 Å². The van der Waals surface area contributed by atoms with Gasteiger partial charge in [-0.05, 0) is 50.4 Å². The Morgan fingerprint density at radius 1 is 1.21 bits per heavy atom. The van der Waals surface area contributed by atoms with Crippen LogP contribution in [0.3, 0.4) is 0 Å². The third kappa shape index (κ3) is 3.09. The van der Waals surface area contributed by atoms with Crippen LogP contribution in [-0.2, 0) is 0 Å². The molecule has 0 radical (unpaired) electrons. The van der Waals surface area contributed by atoms with E-state index in [1.54, 1.807) is 7.11 Å². The Morgan fingerprint density at radius 3 is 2.79 bits per heavy atom. The number of urea groups is 1. The zero-order valence-corrected chi connectivity index (χ0v) is 14.4. The molecule has 3 atom stereocenters. The molecule has 2 amide bonds. The lowest BCUT2D eigenvalue weighted by Crippen LogP contribution is -2.42. The Labute approximate surface area is 144 Å². The number of likely N-dealkylation sites (tertiary alicyclic amines) is 2. The molecule has 1 aromatic carbocycles. The zero-order valence-electron chi connectivity index (χ0n) is 14.4. The summed E-state index contributed by atoms with van der Waals surface area (Å²) in [6.45, 7) is 4.19. The highest BCUT2D eigenvalue weighted by Crippen LogP contribution is 2.44. The molecule has 1 aliphatic carbocycles. The van der Waals surface area contributed by atoms with Crippen LogP contribution in [0, 0.1) is 0 Å². The van der Waals surface area contributed by atoms with Gasteiger partial charge in [0.2, 0.25) is 0 Å². The summed E-state index contributed by atoms with van der Waals surface area (Å²) >= 11 is 0. The Bertz CT molecular complexity index is 600. The van der Waals surface area contributed by atoms with Gasteiger partial charge >= 0.3 is 6.03 Å².